The summed E-state index contributed by atoms with van der Waals surface area (Å²) in [5.41, 5.74) is 1.94. The Morgan fingerprint density at radius 2 is 1.84 bits per heavy atom. The summed E-state index contributed by atoms with van der Waals surface area (Å²) in [5.74, 6) is 0.242. The fraction of sp³-hybridized carbons (Fsp3) is 0.200. The molecule has 4 heteroatoms. The predicted molar refractivity (Wildman–Crippen MR) is 76.2 cm³/mol. The number of halogens is 1. The number of aromatic hydroxyl groups is 1. The van der Waals surface area contributed by atoms with E-state index in [0.29, 0.717) is 11.6 Å². The highest BCUT2D eigenvalue weighted by atomic mass is 35.5. The van der Waals surface area contributed by atoms with E-state index in [-0.39, 0.29) is 18.4 Å². The van der Waals surface area contributed by atoms with Crippen LogP contribution in [0.1, 0.15) is 17.2 Å². The van der Waals surface area contributed by atoms with Crippen molar-refractivity contribution in [2.45, 2.75) is 12.6 Å². The molecule has 0 aliphatic heterocycles. The summed E-state index contributed by atoms with van der Waals surface area (Å²) in [4.78, 5) is 0. The van der Waals surface area contributed by atoms with Crippen molar-refractivity contribution in [2.24, 2.45) is 0 Å². The molecule has 100 valence electrons. The molecule has 3 N–H and O–H groups in total. The number of benzene rings is 2. The SMILES string of the molecule is OCC(NCc1cccc(O)c1)c1ccc(Cl)cc1. The monoisotopic (exact) mass is 277 g/mol. The van der Waals surface area contributed by atoms with Crippen LogP contribution in [0.25, 0.3) is 0 Å². The molecule has 2 rings (SSSR count). The van der Waals surface area contributed by atoms with E-state index in [1.807, 2.05) is 18.2 Å². The van der Waals surface area contributed by atoms with Crippen LogP contribution < -0.4 is 5.32 Å². The van der Waals surface area contributed by atoms with Crippen molar-refractivity contribution in [3.8, 4) is 5.75 Å². The van der Waals surface area contributed by atoms with E-state index < -0.39 is 0 Å². The molecule has 0 amide bonds. The van der Waals surface area contributed by atoms with Crippen LogP contribution in [0.2, 0.25) is 5.02 Å². The molecular weight excluding hydrogens is 262 g/mol. The Labute approximate surface area is 117 Å². The zero-order valence-corrected chi connectivity index (χ0v) is 11.1. The van der Waals surface area contributed by atoms with Crippen LogP contribution in [0.5, 0.6) is 5.75 Å². The van der Waals surface area contributed by atoms with Crippen LogP contribution in [0.4, 0.5) is 0 Å². The standard InChI is InChI=1S/C15H16ClNO2/c16-13-6-4-12(5-7-13)15(10-18)17-9-11-2-1-3-14(19)8-11/h1-8,15,17-19H,9-10H2. The lowest BCUT2D eigenvalue weighted by Crippen LogP contribution is -2.23. The molecule has 0 aliphatic rings. The number of phenolic OH excluding ortho intramolecular Hbond substituents is 1. The van der Waals surface area contributed by atoms with Crippen molar-refractivity contribution < 1.29 is 10.2 Å². The van der Waals surface area contributed by atoms with Gasteiger partial charge in [-0.1, -0.05) is 35.9 Å². The first-order chi connectivity index (χ1) is 9.19. The summed E-state index contributed by atoms with van der Waals surface area (Å²) < 4.78 is 0. The Balaban J connectivity index is 2.01. The van der Waals surface area contributed by atoms with Gasteiger partial charge in [-0.25, -0.2) is 0 Å². The van der Waals surface area contributed by atoms with E-state index in [1.54, 1.807) is 30.3 Å². The third-order valence-electron chi connectivity index (χ3n) is 2.92. The van der Waals surface area contributed by atoms with Crippen LogP contribution in [0.3, 0.4) is 0 Å². The second kappa shape index (κ2) is 6.57. The Kier molecular flexibility index (Phi) is 4.80. The Bertz CT molecular complexity index is 528. The Morgan fingerprint density at radius 1 is 1.11 bits per heavy atom. The van der Waals surface area contributed by atoms with Crippen molar-refractivity contribution in [2.75, 3.05) is 6.61 Å². The lowest BCUT2D eigenvalue weighted by molar-refractivity contribution is 0.243. The van der Waals surface area contributed by atoms with Gasteiger partial charge in [0.2, 0.25) is 0 Å². The number of aliphatic hydroxyl groups is 1. The maximum atomic E-state index is 9.44. The van der Waals surface area contributed by atoms with Crippen LogP contribution in [-0.2, 0) is 6.54 Å². The highest BCUT2D eigenvalue weighted by Crippen LogP contribution is 2.17. The maximum Gasteiger partial charge on any atom is 0.115 e. The van der Waals surface area contributed by atoms with E-state index in [9.17, 15) is 10.2 Å². The van der Waals surface area contributed by atoms with Gasteiger partial charge in [0, 0.05) is 11.6 Å². The summed E-state index contributed by atoms with van der Waals surface area (Å²) in [6.07, 6.45) is 0. The van der Waals surface area contributed by atoms with Crippen molar-refractivity contribution in [3.63, 3.8) is 0 Å². The minimum absolute atomic E-state index is 0.000445. The zero-order valence-electron chi connectivity index (χ0n) is 10.4. The highest BCUT2D eigenvalue weighted by molar-refractivity contribution is 6.30. The fourth-order valence-electron chi connectivity index (χ4n) is 1.89. The molecule has 3 nitrogen and oxygen atoms in total. The van der Waals surface area contributed by atoms with Gasteiger partial charge >= 0.3 is 0 Å². The fourth-order valence-corrected chi connectivity index (χ4v) is 2.02. The normalized spacial score (nSPS) is 12.3. The largest absolute Gasteiger partial charge is 0.508 e. The van der Waals surface area contributed by atoms with Crippen molar-refractivity contribution >= 4 is 11.6 Å². The third kappa shape index (κ3) is 3.96. The quantitative estimate of drug-likeness (QED) is 0.788. The second-order valence-corrected chi connectivity index (χ2v) is 4.77. The summed E-state index contributed by atoms with van der Waals surface area (Å²) in [6.45, 7) is 0.572. The summed E-state index contributed by atoms with van der Waals surface area (Å²) in [5, 5.41) is 22.7. The van der Waals surface area contributed by atoms with Gasteiger partial charge < -0.3 is 15.5 Å². The molecule has 0 fully saturated rings. The Hall–Kier alpha value is -1.55. The van der Waals surface area contributed by atoms with Gasteiger partial charge in [0.1, 0.15) is 5.75 Å². The molecule has 2 aromatic rings. The average Bonchev–Trinajstić information content (AvgIpc) is 2.41. The molecule has 0 bridgehead atoms. The first kappa shape index (κ1) is 13.9. The molecular formula is C15H16ClNO2. The number of nitrogens with one attached hydrogen (secondary N) is 1. The van der Waals surface area contributed by atoms with Crippen molar-refractivity contribution in [3.05, 3.63) is 64.7 Å². The lowest BCUT2D eigenvalue weighted by atomic mass is 10.1. The van der Waals surface area contributed by atoms with E-state index in [2.05, 4.69) is 5.32 Å². The molecule has 0 heterocycles. The third-order valence-corrected chi connectivity index (χ3v) is 3.17. The molecule has 19 heavy (non-hydrogen) atoms. The van der Waals surface area contributed by atoms with Gasteiger partial charge in [0.05, 0.1) is 12.6 Å². The van der Waals surface area contributed by atoms with Gasteiger partial charge in [-0.05, 0) is 35.4 Å². The van der Waals surface area contributed by atoms with E-state index >= 15 is 0 Å². The van der Waals surface area contributed by atoms with Gasteiger partial charge in [0.15, 0.2) is 0 Å². The summed E-state index contributed by atoms with van der Waals surface area (Å²) >= 11 is 5.84. The average molecular weight is 278 g/mol. The van der Waals surface area contributed by atoms with Gasteiger partial charge in [-0.15, -0.1) is 0 Å². The molecule has 0 saturated heterocycles. The van der Waals surface area contributed by atoms with Crippen LogP contribution in [0.15, 0.2) is 48.5 Å². The predicted octanol–water partition coefficient (Wildman–Crippen LogP) is 2.87. The van der Waals surface area contributed by atoms with Gasteiger partial charge in [-0.2, -0.15) is 0 Å². The zero-order chi connectivity index (χ0) is 13.7. The van der Waals surface area contributed by atoms with Gasteiger partial charge in [0.25, 0.3) is 0 Å². The highest BCUT2D eigenvalue weighted by Gasteiger charge is 2.09. The van der Waals surface area contributed by atoms with Crippen molar-refractivity contribution in [1.82, 2.24) is 5.32 Å². The summed E-state index contributed by atoms with van der Waals surface area (Å²) in [7, 11) is 0. The molecule has 0 saturated carbocycles. The molecule has 0 radical (unpaired) electrons. The number of hydrogen-bond donors (Lipinski definition) is 3. The number of aliphatic hydroxyl groups excluding tert-OH is 1. The lowest BCUT2D eigenvalue weighted by Gasteiger charge is -2.17. The van der Waals surface area contributed by atoms with Crippen LogP contribution in [0, 0.1) is 0 Å². The smallest absolute Gasteiger partial charge is 0.115 e. The first-order valence-electron chi connectivity index (χ1n) is 6.06. The summed E-state index contributed by atoms with van der Waals surface area (Å²) in [6, 6.07) is 14.3. The molecule has 0 aromatic heterocycles. The van der Waals surface area contributed by atoms with Crippen LogP contribution >= 0.6 is 11.6 Å². The number of hydrogen-bond acceptors (Lipinski definition) is 3. The number of phenols is 1. The molecule has 0 spiro atoms. The molecule has 1 atom stereocenters. The number of rotatable bonds is 5. The van der Waals surface area contributed by atoms with Crippen molar-refractivity contribution in [1.29, 1.82) is 0 Å². The van der Waals surface area contributed by atoms with E-state index in [1.165, 1.54) is 0 Å². The van der Waals surface area contributed by atoms with E-state index in [0.717, 1.165) is 11.1 Å². The molecule has 2 aromatic carbocycles. The molecule has 1 unspecified atom stereocenters. The Morgan fingerprint density at radius 3 is 2.47 bits per heavy atom. The second-order valence-electron chi connectivity index (χ2n) is 4.34. The first-order valence-corrected chi connectivity index (χ1v) is 6.44. The molecule has 0 aliphatic carbocycles. The van der Waals surface area contributed by atoms with E-state index in [4.69, 9.17) is 11.6 Å². The minimum Gasteiger partial charge on any atom is -0.508 e. The minimum atomic E-state index is -0.153. The van der Waals surface area contributed by atoms with Gasteiger partial charge in [-0.3, -0.25) is 0 Å². The topological polar surface area (TPSA) is 52.5 Å². The maximum absolute atomic E-state index is 9.44. The van der Waals surface area contributed by atoms with Crippen LogP contribution in [-0.4, -0.2) is 16.8 Å².